The summed E-state index contributed by atoms with van der Waals surface area (Å²) in [5.41, 5.74) is 10.5. The Morgan fingerprint density at radius 2 is 1.44 bits per heavy atom. The minimum absolute atomic E-state index is 0.111. The summed E-state index contributed by atoms with van der Waals surface area (Å²) >= 11 is 0. The van der Waals surface area contributed by atoms with Crippen LogP contribution in [0.1, 0.15) is 0 Å². The van der Waals surface area contributed by atoms with Gasteiger partial charge >= 0.3 is 0 Å². The fourth-order valence-corrected chi connectivity index (χ4v) is 6.42. The molecule has 5 aromatic carbocycles. The molecule has 0 N–H and O–H groups in total. The smallest absolute Gasteiger partial charge is 0.256 e. The highest BCUT2D eigenvalue weighted by Gasteiger charge is 2.39. The minimum atomic E-state index is 0.111. The molecule has 5 heteroatoms. The van der Waals surface area contributed by atoms with Crippen molar-refractivity contribution in [3.8, 4) is 22.9 Å². The van der Waals surface area contributed by atoms with Gasteiger partial charge in [0.15, 0.2) is 0 Å². The van der Waals surface area contributed by atoms with Gasteiger partial charge in [-0.2, -0.15) is 0 Å². The van der Waals surface area contributed by atoms with Crippen LogP contribution < -0.4 is 21.1 Å². The average Bonchev–Trinajstić information content (AvgIpc) is 3.51. The Morgan fingerprint density at radius 3 is 2.28 bits per heavy atom. The van der Waals surface area contributed by atoms with Crippen LogP contribution in [0.15, 0.2) is 109 Å². The third-order valence-corrected chi connectivity index (χ3v) is 7.87. The van der Waals surface area contributed by atoms with Gasteiger partial charge in [-0.3, -0.25) is 4.57 Å². The van der Waals surface area contributed by atoms with Crippen molar-refractivity contribution >= 4 is 55.9 Å². The number of hydrogen-bond donors (Lipinski definition) is 0. The van der Waals surface area contributed by atoms with Gasteiger partial charge in [0.1, 0.15) is 17.8 Å². The molecule has 2 aromatic heterocycles. The Labute approximate surface area is 207 Å². The molecule has 4 nitrogen and oxygen atoms in total. The Bertz CT molecular complexity index is 2000. The second kappa shape index (κ2) is 6.46. The van der Waals surface area contributed by atoms with Crippen LogP contribution in [0, 0.1) is 0 Å². The van der Waals surface area contributed by atoms with Crippen LogP contribution in [-0.2, 0) is 0 Å². The Kier molecular flexibility index (Phi) is 3.33. The van der Waals surface area contributed by atoms with E-state index < -0.39 is 0 Å². The van der Waals surface area contributed by atoms with Crippen LogP contribution >= 0.6 is 0 Å². The number of benzene rings is 5. The van der Waals surface area contributed by atoms with E-state index in [4.69, 9.17) is 4.74 Å². The van der Waals surface area contributed by atoms with Crippen molar-refractivity contribution in [1.82, 2.24) is 14.1 Å². The normalized spacial score (nSPS) is 13.2. The second-order valence-electron chi connectivity index (χ2n) is 9.65. The van der Waals surface area contributed by atoms with E-state index in [0.29, 0.717) is 0 Å². The summed E-state index contributed by atoms with van der Waals surface area (Å²) in [6.45, 7) is 0.111. The van der Waals surface area contributed by atoms with Gasteiger partial charge in [0.2, 0.25) is 0 Å². The third-order valence-electron chi connectivity index (χ3n) is 7.87. The molecule has 4 heterocycles. The monoisotopic (exact) mass is 459 g/mol. The summed E-state index contributed by atoms with van der Waals surface area (Å²) in [6, 6.07) is 36.7. The lowest BCUT2D eigenvalue weighted by molar-refractivity contribution is 0.487. The van der Waals surface area contributed by atoms with Gasteiger partial charge in [0.25, 0.3) is 6.71 Å². The molecule has 166 valence electrons. The highest BCUT2D eigenvalue weighted by molar-refractivity contribution is 6.99. The molecular weight excluding hydrogens is 441 g/mol. The largest absolute Gasteiger partial charge is 0.458 e. The molecule has 0 saturated heterocycles. The second-order valence-corrected chi connectivity index (χ2v) is 9.65. The molecule has 0 saturated carbocycles. The van der Waals surface area contributed by atoms with E-state index in [-0.39, 0.29) is 6.71 Å². The fourth-order valence-electron chi connectivity index (χ4n) is 6.42. The maximum Gasteiger partial charge on any atom is 0.256 e. The van der Waals surface area contributed by atoms with Gasteiger partial charge in [-0.05, 0) is 52.8 Å². The minimum Gasteiger partial charge on any atom is -0.458 e. The number of nitrogens with zero attached hydrogens (tertiary/aromatic N) is 3. The van der Waals surface area contributed by atoms with Crippen LogP contribution in [0.3, 0.4) is 0 Å². The van der Waals surface area contributed by atoms with E-state index in [9.17, 15) is 0 Å². The zero-order valence-electron chi connectivity index (χ0n) is 19.2. The summed E-state index contributed by atoms with van der Waals surface area (Å²) in [5.74, 6) is 1.83. The lowest BCUT2D eigenvalue weighted by Crippen LogP contribution is -2.58. The number of hydrogen-bond acceptors (Lipinski definition) is 2. The number of ether oxygens (including phenoxy) is 1. The van der Waals surface area contributed by atoms with Crippen molar-refractivity contribution in [1.29, 1.82) is 0 Å². The third kappa shape index (κ3) is 2.19. The molecule has 2 aliphatic heterocycles. The first-order valence-electron chi connectivity index (χ1n) is 12.3. The van der Waals surface area contributed by atoms with Crippen molar-refractivity contribution in [3.63, 3.8) is 0 Å². The maximum atomic E-state index is 6.63. The molecule has 0 bridgehead atoms. The first kappa shape index (κ1) is 18.5. The van der Waals surface area contributed by atoms with Crippen molar-refractivity contribution in [2.75, 3.05) is 0 Å². The van der Waals surface area contributed by atoms with Crippen molar-refractivity contribution in [2.24, 2.45) is 0 Å². The average molecular weight is 459 g/mol. The molecule has 36 heavy (non-hydrogen) atoms. The van der Waals surface area contributed by atoms with Gasteiger partial charge in [-0.25, -0.2) is 4.98 Å². The Hall–Kier alpha value is -4.77. The number of para-hydroxylation sites is 3. The lowest BCUT2D eigenvalue weighted by atomic mass is 9.34. The molecule has 0 fully saturated rings. The van der Waals surface area contributed by atoms with Crippen LogP contribution in [0.2, 0.25) is 0 Å². The molecule has 0 aliphatic carbocycles. The van der Waals surface area contributed by atoms with Gasteiger partial charge in [0, 0.05) is 28.2 Å². The molecule has 0 spiro atoms. The Morgan fingerprint density at radius 1 is 0.667 bits per heavy atom. The highest BCUT2D eigenvalue weighted by Crippen LogP contribution is 2.35. The molecule has 0 atom stereocenters. The first-order chi connectivity index (χ1) is 17.9. The van der Waals surface area contributed by atoms with E-state index in [1.807, 2.05) is 6.33 Å². The summed E-state index contributed by atoms with van der Waals surface area (Å²) < 4.78 is 11.2. The van der Waals surface area contributed by atoms with Crippen molar-refractivity contribution in [2.45, 2.75) is 0 Å². The van der Waals surface area contributed by atoms with Gasteiger partial charge < -0.3 is 9.30 Å². The number of aromatic nitrogens is 3. The van der Waals surface area contributed by atoms with E-state index in [2.05, 4.69) is 117 Å². The van der Waals surface area contributed by atoms with Crippen LogP contribution in [0.25, 0.3) is 44.2 Å². The summed E-state index contributed by atoms with van der Waals surface area (Å²) in [7, 11) is 0. The van der Waals surface area contributed by atoms with Crippen LogP contribution in [-0.4, -0.2) is 20.8 Å². The van der Waals surface area contributed by atoms with Crippen LogP contribution in [0.4, 0.5) is 0 Å². The van der Waals surface area contributed by atoms with E-state index in [1.54, 1.807) is 0 Å². The summed E-state index contributed by atoms with van der Waals surface area (Å²) in [5, 5.41) is 2.52. The van der Waals surface area contributed by atoms with Gasteiger partial charge in [0.05, 0.1) is 22.1 Å². The molecule has 2 aliphatic rings. The van der Waals surface area contributed by atoms with E-state index >= 15 is 0 Å². The SMILES string of the molecule is c1cc2c3c(c1)-n1cnc4cccc(c41)B3c1ccc(-n3c4ccccc4c4ccccc43)cc1O2. The standard InChI is InChI=1S/C31H18BN3O/c1-3-11-25-20(7-1)21-8-2-4-12-26(21)35(25)19-15-16-22-29(17-19)36-28-14-6-13-27-30(28)32(22)23-9-5-10-24-31(23)34(27)18-33-24/h1-18H. The van der Waals surface area contributed by atoms with E-state index in [0.717, 1.165) is 28.4 Å². The van der Waals surface area contributed by atoms with Gasteiger partial charge in [-0.15, -0.1) is 0 Å². The number of fused-ring (bicyclic) bond motifs is 7. The predicted octanol–water partition coefficient (Wildman–Crippen LogP) is 5.06. The zero-order chi connectivity index (χ0) is 23.4. The predicted molar refractivity (Wildman–Crippen MR) is 147 cm³/mol. The topological polar surface area (TPSA) is 32.0 Å². The molecule has 0 unspecified atom stereocenters. The molecular formula is C31H18BN3O. The number of rotatable bonds is 1. The van der Waals surface area contributed by atoms with E-state index in [1.165, 1.54) is 43.7 Å². The summed E-state index contributed by atoms with van der Waals surface area (Å²) in [6.07, 6.45) is 1.93. The molecule has 9 rings (SSSR count). The zero-order valence-corrected chi connectivity index (χ0v) is 19.2. The quantitative estimate of drug-likeness (QED) is 0.322. The van der Waals surface area contributed by atoms with Gasteiger partial charge in [-0.1, -0.05) is 60.7 Å². The fraction of sp³-hybridized carbons (Fsp3) is 0. The molecule has 7 aromatic rings. The van der Waals surface area contributed by atoms with Crippen molar-refractivity contribution in [3.05, 3.63) is 109 Å². The van der Waals surface area contributed by atoms with Crippen molar-refractivity contribution < 1.29 is 4.74 Å². The molecule has 0 amide bonds. The number of imidazole rings is 1. The lowest BCUT2D eigenvalue weighted by Gasteiger charge is -2.32. The van der Waals surface area contributed by atoms with Crippen LogP contribution in [0.5, 0.6) is 11.5 Å². The highest BCUT2D eigenvalue weighted by atomic mass is 16.5. The Balaban J connectivity index is 1.33. The first-order valence-corrected chi connectivity index (χ1v) is 12.3. The maximum absolute atomic E-state index is 6.63. The summed E-state index contributed by atoms with van der Waals surface area (Å²) in [4.78, 5) is 4.69. The molecule has 0 radical (unpaired) electrons.